The highest BCUT2D eigenvalue weighted by Crippen LogP contribution is 2.68. The number of hydrogen-bond acceptors (Lipinski definition) is 5. The van der Waals surface area contributed by atoms with Crippen LogP contribution in [0.1, 0.15) is 6.42 Å². The number of amides is 3. The molecule has 1 spiro atoms. The van der Waals surface area contributed by atoms with Gasteiger partial charge in [-0.3, -0.25) is 14.4 Å². The fourth-order valence-corrected chi connectivity index (χ4v) is 9.52. The van der Waals surface area contributed by atoms with E-state index >= 15 is 0 Å². The molecule has 7 nitrogen and oxygen atoms in total. The number of aliphatic hydroxyl groups is 1. The first kappa shape index (κ1) is 26.3. The molecule has 10 heteroatoms. The molecule has 3 fully saturated rings. The molecule has 0 saturated carbocycles. The molecule has 1 N–H and O–H groups in total. The second-order valence-electron chi connectivity index (χ2n) is 9.14. The number of rotatable bonds is 9. The predicted octanol–water partition coefficient (Wildman–Crippen LogP) is 2.96. The van der Waals surface area contributed by atoms with Gasteiger partial charge in [0.1, 0.15) is 6.04 Å². The van der Waals surface area contributed by atoms with Crippen molar-refractivity contribution >= 4 is 62.7 Å². The number of thioether (sulfide) groups is 1. The average molecular weight is 583 g/mol. The number of carbonyl (C=O) groups is 3. The lowest BCUT2D eigenvalue weighted by molar-refractivity contribution is -0.143. The highest BCUT2D eigenvalue weighted by Gasteiger charge is 2.75. The number of β-amino-alcohol motifs (C(OH)–C–C–N with tert-alkyl or cyclic N) is 1. The van der Waals surface area contributed by atoms with Crippen molar-refractivity contribution in [3.63, 3.8) is 0 Å². The van der Waals surface area contributed by atoms with Crippen LogP contribution in [0.4, 0.5) is 5.69 Å². The van der Waals surface area contributed by atoms with E-state index in [4.69, 9.17) is 11.6 Å². The summed E-state index contributed by atoms with van der Waals surface area (Å²) in [5, 5.41) is 10.2. The molecule has 3 aliphatic heterocycles. The molecule has 188 valence electrons. The molecule has 3 aliphatic rings. The van der Waals surface area contributed by atoms with Gasteiger partial charge in [0, 0.05) is 47.5 Å². The molecular formula is C25H29BrClN3O4S. The first-order valence-corrected chi connectivity index (χ1v) is 13.7. The third-order valence-corrected chi connectivity index (χ3v) is 10.6. The molecule has 2 bridgehead atoms. The quantitative estimate of drug-likeness (QED) is 0.358. The summed E-state index contributed by atoms with van der Waals surface area (Å²) < 4.78 is -0.774. The highest BCUT2D eigenvalue weighted by atomic mass is 79.9. The van der Waals surface area contributed by atoms with E-state index in [1.807, 2.05) is 0 Å². The number of halogens is 2. The van der Waals surface area contributed by atoms with Gasteiger partial charge in [-0.15, -0.1) is 24.9 Å². The Morgan fingerprint density at radius 2 is 1.91 bits per heavy atom. The zero-order valence-electron chi connectivity index (χ0n) is 19.5. The summed E-state index contributed by atoms with van der Waals surface area (Å²) >= 11 is 11.4. The van der Waals surface area contributed by atoms with Gasteiger partial charge in [0.2, 0.25) is 11.8 Å². The van der Waals surface area contributed by atoms with E-state index in [1.165, 1.54) is 4.90 Å². The predicted molar refractivity (Wildman–Crippen MR) is 143 cm³/mol. The summed E-state index contributed by atoms with van der Waals surface area (Å²) in [6.45, 7) is 7.89. The molecule has 3 heterocycles. The van der Waals surface area contributed by atoms with Gasteiger partial charge in [0.25, 0.3) is 5.91 Å². The van der Waals surface area contributed by atoms with E-state index in [0.717, 1.165) is 0 Å². The summed E-state index contributed by atoms with van der Waals surface area (Å²) in [5.74, 6) is -1.81. The number of benzene rings is 1. The zero-order chi connectivity index (χ0) is 25.5. The van der Waals surface area contributed by atoms with Crippen molar-refractivity contribution in [2.24, 2.45) is 11.8 Å². The molecule has 35 heavy (non-hydrogen) atoms. The number of fused-ring (bicyclic) bond motifs is 1. The van der Waals surface area contributed by atoms with Crippen LogP contribution in [-0.2, 0) is 14.4 Å². The third kappa shape index (κ3) is 4.24. The van der Waals surface area contributed by atoms with Gasteiger partial charge >= 0.3 is 0 Å². The summed E-state index contributed by atoms with van der Waals surface area (Å²) in [7, 11) is 1.70. The Hall–Kier alpha value is -1.81. The second-order valence-corrected chi connectivity index (χ2v) is 12.3. The minimum absolute atomic E-state index is 0.0182. The molecule has 0 aliphatic carbocycles. The van der Waals surface area contributed by atoms with Gasteiger partial charge in [-0.2, -0.15) is 0 Å². The topological polar surface area (TPSA) is 81.2 Å². The Kier molecular flexibility index (Phi) is 7.71. The molecule has 3 amide bonds. The lowest BCUT2D eigenvalue weighted by Crippen LogP contribution is -2.56. The van der Waals surface area contributed by atoms with Crippen LogP contribution < -0.4 is 4.90 Å². The largest absolute Gasteiger partial charge is 0.395 e. The van der Waals surface area contributed by atoms with E-state index in [0.29, 0.717) is 23.7 Å². The van der Waals surface area contributed by atoms with Gasteiger partial charge in [0.05, 0.1) is 23.2 Å². The normalized spacial score (nSPS) is 30.8. The van der Waals surface area contributed by atoms with E-state index in [-0.39, 0.29) is 47.5 Å². The van der Waals surface area contributed by atoms with Crippen LogP contribution >= 0.6 is 39.3 Å². The van der Waals surface area contributed by atoms with E-state index in [2.05, 4.69) is 29.1 Å². The Balaban J connectivity index is 1.78. The summed E-state index contributed by atoms with van der Waals surface area (Å²) in [6.07, 6.45) is 3.87. The van der Waals surface area contributed by atoms with Crippen molar-refractivity contribution < 1.29 is 19.5 Å². The molecule has 3 unspecified atom stereocenters. The Bertz CT molecular complexity index is 1040. The van der Waals surface area contributed by atoms with Crippen LogP contribution in [0, 0.1) is 11.8 Å². The number of carbonyl (C=O) groups excluding carboxylic acids is 3. The van der Waals surface area contributed by atoms with Crippen LogP contribution in [0.3, 0.4) is 0 Å². The summed E-state index contributed by atoms with van der Waals surface area (Å²) in [6, 6.07) is 6.12. The van der Waals surface area contributed by atoms with Gasteiger partial charge < -0.3 is 19.8 Å². The van der Waals surface area contributed by atoms with Crippen LogP contribution in [0.5, 0.6) is 0 Å². The van der Waals surface area contributed by atoms with Crippen molar-refractivity contribution in [3.8, 4) is 0 Å². The molecule has 3 saturated heterocycles. The highest BCUT2D eigenvalue weighted by molar-refractivity contribution is 9.09. The minimum atomic E-state index is -0.819. The van der Waals surface area contributed by atoms with Gasteiger partial charge in [0.15, 0.2) is 0 Å². The maximum absolute atomic E-state index is 14.2. The van der Waals surface area contributed by atoms with E-state index < -0.39 is 22.6 Å². The third-order valence-electron chi connectivity index (χ3n) is 7.14. The first-order chi connectivity index (χ1) is 16.7. The van der Waals surface area contributed by atoms with Gasteiger partial charge in [-0.1, -0.05) is 39.7 Å². The van der Waals surface area contributed by atoms with Gasteiger partial charge in [-0.25, -0.2) is 0 Å². The van der Waals surface area contributed by atoms with Crippen molar-refractivity contribution in [2.45, 2.75) is 27.3 Å². The van der Waals surface area contributed by atoms with Crippen LogP contribution in [0.25, 0.3) is 0 Å². The van der Waals surface area contributed by atoms with Crippen LogP contribution in [0.15, 0.2) is 49.6 Å². The maximum atomic E-state index is 14.2. The fraction of sp³-hybridized carbons (Fsp3) is 0.480. The Morgan fingerprint density at radius 3 is 2.51 bits per heavy atom. The van der Waals surface area contributed by atoms with Crippen molar-refractivity contribution in [1.82, 2.24) is 9.80 Å². The SMILES string of the molecule is C=CCN(C)C(=O)[C@H]1[C@@H]2SC3(CC2Br)C(C(=O)N(CC=C)c2ccc(Cl)cc2)N(CCO)C(=O)[C@H]13. The molecule has 4 rings (SSSR count). The molecular weight excluding hydrogens is 554 g/mol. The van der Waals surface area contributed by atoms with Crippen molar-refractivity contribution in [1.29, 1.82) is 0 Å². The fourth-order valence-electron chi connectivity index (χ4n) is 5.80. The first-order valence-electron chi connectivity index (χ1n) is 11.5. The number of hydrogen-bond donors (Lipinski definition) is 1. The monoisotopic (exact) mass is 581 g/mol. The molecule has 0 aromatic heterocycles. The zero-order valence-corrected chi connectivity index (χ0v) is 22.6. The summed E-state index contributed by atoms with van der Waals surface area (Å²) in [5.41, 5.74) is 0.641. The smallest absolute Gasteiger partial charge is 0.251 e. The van der Waals surface area contributed by atoms with Crippen molar-refractivity contribution in [3.05, 3.63) is 54.6 Å². The molecule has 0 radical (unpaired) electrons. The van der Waals surface area contributed by atoms with Crippen LogP contribution in [-0.4, -0.2) is 86.8 Å². The standard InChI is InChI=1S/C25H29BrClN3O4S/c1-4-10-28(3)22(32)18-19-23(33)30(12-13-31)21(25(19)14-17(26)20(18)35-25)24(34)29(11-5-2)16-8-6-15(27)7-9-16/h4-9,17-21,31H,1-2,10-14H2,3H3/t17?,18-,19+,20-,21?,25?/m1/s1. The number of likely N-dealkylation sites (N-methyl/N-ethyl adjacent to an activating group) is 1. The number of alkyl halides is 1. The average Bonchev–Trinajstić information content (AvgIpc) is 3.41. The number of anilines is 1. The molecule has 1 aromatic carbocycles. The Morgan fingerprint density at radius 1 is 1.26 bits per heavy atom. The lowest BCUT2D eigenvalue weighted by Gasteiger charge is -2.38. The van der Waals surface area contributed by atoms with Gasteiger partial charge in [-0.05, 0) is 30.7 Å². The number of likely N-dealkylation sites (tertiary alicyclic amines) is 1. The lowest BCUT2D eigenvalue weighted by atomic mass is 9.70. The van der Waals surface area contributed by atoms with E-state index in [1.54, 1.807) is 65.0 Å². The molecule has 1 aromatic rings. The number of nitrogens with zero attached hydrogens (tertiary/aromatic N) is 3. The molecule has 6 atom stereocenters. The van der Waals surface area contributed by atoms with Crippen LogP contribution in [0.2, 0.25) is 5.02 Å². The number of aliphatic hydroxyl groups excluding tert-OH is 1. The minimum Gasteiger partial charge on any atom is -0.395 e. The Labute approximate surface area is 223 Å². The maximum Gasteiger partial charge on any atom is 0.251 e. The van der Waals surface area contributed by atoms with Crippen molar-refractivity contribution in [2.75, 3.05) is 38.2 Å². The summed E-state index contributed by atoms with van der Waals surface area (Å²) in [4.78, 5) is 46.2. The second kappa shape index (κ2) is 10.3. The van der Waals surface area contributed by atoms with E-state index in [9.17, 15) is 19.5 Å².